The average molecular weight is 635 g/mol. The van der Waals surface area contributed by atoms with Crippen molar-refractivity contribution in [1.82, 2.24) is 25.0 Å². The van der Waals surface area contributed by atoms with E-state index >= 15 is 0 Å². The number of rotatable bonds is 7. The molecule has 5 aromatic heterocycles. The highest BCUT2D eigenvalue weighted by atomic mass is 32.1. The van der Waals surface area contributed by atoms with Gasteiger partial charge in [0.05, 0.1) is 45.4 Å². The molecular weight excluding hydrogens is 600 g/mol. The molecule has 5 aromatic rings. The molecule has 4 aliphatic rings. The van der Waals surface area contributed by atoms with E-state index in [2.05, 4.69) is 27.6 Å². The van der Waals surface area contributed by atoms with Crippen LogP contribution in [-0.4, -0.2) is 50.7 Å². The highest BCUT2D eigenvalue weighted by Crippen LogP contribution is 2.50. The molecule has 234 valence electrons. The predicted molar refractivity (Wildman–Crippen MR) is 175 cm³/mol. The minimum Gasteiger partial charge on any atom is -0.381 e. The zero-order valence-corrected chi connectivity index (χ0v) is 26.2. The maximum absolute atomic E-state index is 14.2. The molecule has 1 aliphatic carbocycles. The second-order valence-corrected chi connectivity index (χ2v) is 13.9. The summed E-state index contributed by atoms with van der Waals surface area (Å²) in [5, 5.41) is 7.25. The molecule has 8 heterocycles. The number of anilines is 1. The van der Waals surface area contributed by atoms with Gasteiger partial charge in [-0.2, -0.15) is 5.16 Å². The van der Waals surface area contributed by atoms with E-state index in [1.54, 1.807) is 11.3 Å². The number of nitrogens with one attached hydrogen (secondary N) is 2. The number of aromatic nitrogens is 4. The summed E-state index contributed by atoms with van der Waals surface area (Å²) >= 11 is 1.62. The van der Waals surface area contributed by atoms with E-state index in [0.717, 1.165) is 120 Å². The van der Waals surface area contributed by atoms with Gasteiger partial charge in [0.25, 0.3) is 11.5 Å². The van der Waals surface area contributed by atoms with Gasteiger partial charge < -0.3 is 19.5 Å². The van der Waals surface area contributed by atoms with Gasteiger partial charge in [0, 0.05) is 48.3 Å². The van der Waals surface area contributed by atoms with Gasteiger partial charge in [-0.05, 0) is 86.4 Å². The van der Waals surface area contributed by atoms with Gasteiger partial charge >= 0.3 is 0 Å². The highest BCUT2D eigenvalue weighted by Gasteiger charge is 2.44. The molecule has 2 N–H and O–H groups in total. The second kappa shape index (κ2) is 11.2. The lowest BCUT2D eigenvalue weighted by molar-refractivity contribution is 0.0639. The van der Waals surface area contributed by atoms with Gasteiger partial charge in [-0.1, -0.05) is 6.07 Å². The van der Waals surface area contributed by atoms with Gasteiger partial charge in [-0.25, -0.2) is 4.98 Å². The Hall–Kier alpha value is -4.35. The summed E-state index contributed by atoms with van der Waals surface area (Å²) in [6.45, 7) is 2.30. The largest absolute Gasteiger partial charge is 0.381 e. The van der Waals surface area contributed by atoms with Gasteiger partial charge in [-0.3, -0.25) is 19.6 Å². The molecular formula is C35H34N6O4S. The van der Waals surface area contributed by atoms with E-state index in [-0.39, 0.29) is 23.6 Å². The normalized spacial score (nSPS) is 20.8. The molecule has 9 rings (SSSR count). The van der Waals surface area contributed by atoms with E-state index < -0.39 is 0 Å². The number of carbonyl (C=O) groups is 1. The van der Waals surface area contributed by atoms with Gasteiger partial charge in [0.1, 0.15) is 5.82 Å². The van der Waals surface area contributed by atoms with Gasteiger partial charge in [0.2, 0.25) is 0 Å². The maximum Gasteiger partial charge on any atom is 0.280 e. The number of hydrogen-bond acceptors (Lipinski definition) is 9. The first-order chi connectivity index (χ1) is 22.6. The molecule has 0 bridgehead atoms. The van der Waals surface area contributed by atoms with Crippen LogP contribution in [0.25, 0.3) is 31.9 Å². The Morgan fingerprint density at radius 2 is 1.93 bits per heavy atom. The summed E-state index contributed by atoms with van der Waals surface area (Å²) in [5.74, 6) is 1.80. The Kier molecular flexibility index (Phi) is 6.78. The van der Waals surface area contributed by atoms with Crippen LogP contribution in [0.3, 0.4) is 0 Å². The lowest BCUT2D eigenvalue weighted by Crippen LogP contribution is -2.22. The van der Waals surface area contributed by atoms with Crippen molar-refractivity contribution in [3.63, 3.8) is 0 Å². The molecule has 46 heavy (non-hydrogen) atoms. The first-order valence-electron chi connectivity index (χ1n) is 16.4. The summed E-state index contributed by atoms with van der Waals surface area (Å²) < 4.78 is 12.4. The lowest BCUT2D eigenvalue weighted by atomic mass is 9.89. The molecule has 0 unspecified atom stereocenters. The third-order valence-corrected chi connectivity index (χ3v) is 11.4. The molecule has 0 spiro atoms. The Bertz CT molecular complexity index is 2040. The predicted octanol–water partition coefficient (Wildman–Crippen LogP) is 6.45. The second-order valence-electron chi connectivity index (χ2n) is 12.9. The van der Waals surface area contributed by atoms with Crippen LogP contribution in [0.5, 0.6) is 0 Å². The van der Waals surface area contributed by atoms with Crippen LogP contribution >= 0.6 is 11.3 Å². The summed E-state index contributed by atoms with van der Waals surface area (Å²) in [7, 11) is 0. The number of hydrogen-bond donors (Lipinski definition) is 2. The van der Waals surface area contributed by atoms with Crippen LogP contribution in [0.4, 0.5) is 5.82 Å². The number of fused-ring (bicyclic) bond motifs is 5. The van der Waals surface area contributed by atoms with E-state index in [4.69, 9.17) is 19.2 Å². The van der Waals surface area contributed by atoms with Crippen LogP contribution in [0.2, 0.25) is 0 Å². The van der Waals surface area contributed by atoms with Crippen molar-refractivity contribution in [3.8, 4) is 21.8 Å². The van der Waals surface area contributed by atoms with E-state index in [9.17, 15) is 9.59 Å². The monoisotopic (exact) mass is 634 g/mol. The summed E-state index contributed by atoms with van der Waals surface area (Å²) in [4.78, 5) is 44.1. The third kappa shape index (κ3) is 4.59. The van der Waals surface area contributed by atoms with Crippen molar-refractivity contribution in [2.45, 2.75) is 63.5 Å². The average Bonchev–Trinajstić information content (AvgIpc) is 3.92. The minimum absolute atomic E-state index is 0.0131. The number of ether oxygens (including phenoxy) is 1. The number of thiophene rings is 1. The zero-order chi connectivity index (χ0) is 30.8. The van der Waals surface area contributed by atoms with Crippen LogP contribution in [0, 0.1) is 5.92 Å². The standard InChI is InChI=1S/C35H34N6O4S/c42-28-18-26(45-40-28)29-24(6-5-19-10-15-44-16-11-19)38-32-25-4-2-14-41(25)35(43)31(32)30(29)27-17-20-9-13-37-34(33(20)46-27)39-23-8-7-22-21(23)3-1-12-36-22/h1,3,9,12-13,17-19,23,25H,2,4-8,10-11,14-16H2,(H,37,39)(H,40,42)/t23-,25+/m0/s1. The first-order valence-corrected chi connectivity index (χ1v) is 17.2. The number of pyridine rings is 3. The van der Waals surface area contributed by atoms with Crippen molar-refractivity contribution in [2.24, 2.45) is 5.92 Å². The fourth-order valence-electron chi connectivity index (χ4n) is 7.94. The minimum atomic E-state index is -0.317. The number of amides is 1. The summed E-state index contributed by atoms with van der Waals surface area (Å²) in [6.07, 6.45) is 11.2. The zero-order valence-electron chi connectivity index (χ0n) is 25.4. The van der Waals surface area contributed by atoms with Gasteiger partial charge in [-0.15, -0.1) is 11.3 Å². The maximum atomic E-state index is 14.2. The molecule has 10 nitrogen and oxygen atoms in total. The third-order valence-electron chi connectivity index (χ3n) is 10.2. The Morgan fingerprint density at radius 3 is 2.80 bits per heavy atom. The molecule has 3 aliphatic heterocycles. The van der Waals surface area contributed by atoms with Crippen LogP contribution in [-0.2, 0) is 17.6 Å². The van der Waals surface area contributed by atoms with Crippen molar-refractivity contribution in [3.05, 3.63) is 81.3 Å². The van der Waals surface area contributed by atoms with Gasteiger partial charge in [0.15, 0.2) is 5.76 Å². The van der Waals surface area contributed by atoms with Crippen LogP contribution in [0.15, 0.2) is 52.0 Å². The molecule has 11 heteroatoms. The topological polar surface area (TPSA) is 126 Å². The number of aryl methyl sites for hydroxylation is 2. The Labute approximate surface area is 269 Å². The quantitative estimate of drug-likeness (QED) is 0.209. The summed E-state index contributed by atoms with van der Waals surface area (Å²) in [5.41, 5.74) is 5.98. The molecule has 2 saturated heterocycles. The highest BCUT2D eigenvalue weighted by molar-refractivity contribution is 7.23. The fraction of sp³-hybridized carbons (Fsp3) is 0.400. The molecule has 0 radical (unpaired) electrons. The number of H-pyrrole nitrogens is 1. The molecule has 2 fully saturated rings. The van der Waals surface area contributed by atoms with Crippen LogP contribution in [0.1, 0.15) is 83.6 Å². The number of nitrogens with zero attached hydrogens (tertiary/aromatic N) is 4. The van der Waals surface area contributed by atoms with Crippen molar-refractivity contribution >= 4 is 33.1 Å². The number of aromatic amines is 1. The van der Waals surface area contributed by atoms with E-state index in [1.807, 2.05) is 29.4 Å². The Balaban J connectivity index is 1.21. The summed E-state index contributed by atoms with van der Waals surface area (Å²) in [6, 6.07) is 9.91. The number of carbonyl (C=O) groups excluding carboxylic acids is 1. The lowest BCUT2D eigenvalue weighted by Gasteiger charge is -2.23. The Morgan fingerprint density at radius 1 is 1.02 bits per heavy atom. The van der Waals surface area contributed by atoms with Crippen molar-refractivity contribution in [2.75, 3.05) is 25.1 Å². The molecule has 1 amide bonds. The molecule has 0 saturated carbocycles. The van der Waals surface area contributed by atoms with Crippen LogP contribution < -0.4 is 10.9 Å². The van der Waals surface area contributed by atoms with E-state index in [1.165, 1.54) is 11.6 Å². The molecule has 2 atom stereocenters. The van der Waals surface area contributed by atoms with E-state index in [0.29, 0.717) is 17.2 Å². The first kappa shape index (κ1) is 27.9. The fourth-order valence-corrected chi connectivity index (χ4v) is 9.11. The molecule has 0 aromatic carbocycles. The van der Waals surface area contributed by atoms with Crippen molar-refractivity contribution < 1.29 is 14.1 Å². The van der Waals surface area contributed by atoms with Crippen molar-refractivity contribution in [1.29, 1.82) is 0 Å². The smallest absolute Gasteiger partial charge is 0.280 e. The SMILES string of the molecule is O=C1c2c(nc(CCC3CCOCC3)c(-c3cc(=O)[nH]o3)c2-c2cc3ccnc(N[C@H]4CCc5ncccc54)c3s2)[C@H]2CCCN12.